The molecule has 0 aliphatic rings. The zero-order valence-electron chi connectivity index (χ0n) is 12.9. The largest absolute Gasteiger partial charge is 0.466 e. The predicted molar refractivity (Wildman–Crippen MR) is 83.6 cm³/mol. The Morgan fingerprint density at radius 1 is 1.33 bits per heavy atom. The molecule has 0 saturated carbocycles. The number of amides is 1. The van der Waals surface area contributed by atoms with E-state index >= 15 is 0 Å². The summed E-state index contributed by atoms with van der Waals surface area (Å²) >= 11 is 0. The third-order valence-electron chi connectivity index (χ3n) is 3.06. The number of hydrogen-bond donors (Lipinski definition) is 1. The highest BCUT2D eigenvalue weighted by Gasteiger charge is 2.11. The van der Waals surface area contributed by atoms with Crippen LogP contribution in [0.1, 0.15) is 28.5 Å². The van der Waals surface area contributed by atoms with Crippen molar-refractivity contribution in [1.82, 2.24) is 4.98 Å². The number of aromatic nitrogens is 1. The van der Waals surface area contributed by atoms with E-state index in [-0.39, 0.29) is 23.5 Å². The molecule has 0 saturated heterocycles. The van der Waals surface area contributed by atoms with Gasteiger partial charge in [-0.25, -0.2) is 4.39 Å². The van der Waals surface area contributed by atoms with Crippen LogP contribution in [0.15, 0.2) is 36.5 Å². The fourth-order valence-corrected chi connectivity index (χ4v) is 1.92. The highest BCUT2D eigenvalue weighted by molar-refractivity contribution is 6.04. The second-order valence-corrected chi connectivity index (χ2v) is 4.78. The van der Waals surface area contributed by atoms with Crippen LogP contribution in [0.2, 0.25) is 0 Å². The summed E-state index contributed by atoms with van der Waals surface area (Å²) in [6, 6.07) is 8.39. The molecule has 2 aromatic rings. The Bertz CT molecular complexity index is 798. The number of hydrogen-bond acceptors (Lipinski definition) is 5. The van der Waals surface area contributed by atoms with Crippen LogP contribution in [0.4, 0.5) is 10.1 Å². The first-order valence-corrected chi connectivity index (χ1v) is 7.15. The molecule has 0 unspecified atom stereocenters. The second kappa shape index (κ2) is 7.83. The van der Waals surface area contributed by atoms with Crippen LogP contribution in [0, 0.1) is 17.1 Å². The summed E-state index contributed by atoms with van der Waals surface area (Å²) in [5.41, 5.74) is 0.879. The quantitative estimate of drug-likeness (QED) is 0.852. The molecule has 1 aromatic carbocycles. The highest BCUT2D eigenvalue weighted by Crippen LogP contribution is 2.13. The fourth-order valence-electron chi connectivity index (χ4n) is 1.92. The summed E-state index contributed by atoms with van der Waals surface area (Å²) in [4.78, 5) is 27.5. The maximum Gasteiger partial charge on any atom is 0.311 e. The van der Waals surface area contributed by atoms with E-state index in [9.17, 15) is 14.0 Å². The van der Waals surface area contributed by atoms with Gasteiger partial charge in [0.15, 0.2) is 0 Å². The minimum atomic E-state index is -0.681. The molecule has 1 aromatic heterocycles. The van der Waals surface area contributed by atoms with Gasteiger partial charge in [0.1, 0.15) is 11.9 Å². The number of rotatable bonds is 5. The topological polar surface area (TPSA) is 92.1 Å². The molecule has 0 radical (unpaired) electrons. The standard InChI is InChI=1S/C17H14FN3O3/c1-2-24-16(22)8-13-4-5-14(10-20-13)21-17(23)11-3-6-15(18)12(7-11)9-19/h3-7,10H,2,8H2,1H3,(H,21,23). The van der Waals surface area contributed by atoms with Gasteiger partial charge >= 0.3 is 5.97 Å². The van der Waals surface area contributed by atoms with E-state index in [1.165, 1.54) is 18.3 Å². The van der Waals surface area contributed by atoms with E-state index in [1.807, 2.05) is 0 Å². The minimum absolute atomic E-state index is 0.0472. The van der Waals surface area contributed by atoms with Crippen molar-refractivity contribution in [3.63, 3.8) is 0 Å². The summed E-state index contributed by atoms with van der Waals surface area (Å²) in [6.07, 6.45) is 1.45. The van der Waals surface area contributed by atoms with E-state index in [0.29, 0.717) is 18.0 Å². The van der Waals surface area contributed by atoms with E-state index in [4.69, 9.17) is 10.00 Å². The molecule has 0 aliphatic carbocycles. The number of anilines is 1. The molecule has 24 heavy (non-hydrogen) atoms. The summed E-state index contributed by atoms with van der Waals surface area (Å²) in [5.74, 6) is -1.55. The van der Waals surface area contributed by atoms with Gasteiger partial charge in [0.2, 0.25) is 0 Å². The Hall–Kier alpha value is -3.27. The first-order chi connectivity index (χ1) is 11.5. The van der Waals surface area contributed by atoms with E-state index in [2.05, 4.69) is 10.3 Å². The first kappa shape index (κ1) is 17.1. The predicted octanol–water partition coefficient (Wildman–Crippen LogP) is 2.45. The normalized spacial score (nSPS) is 9.88. The Balaban J connectivity index is 2.04. The van der Waals surface area contributed by atoms with E-state index in [0.717, 1.165) is 6.07 Å². The number of nitrogens with one attached hydrogen (secondary N) is 1. The van der Waals surface area contributed by atoms with Gasteiger partial charge in [-0.2, -0.15) is 5.26 Å². The summed E-state index contributed by atoms with van der Waals surface area (Å²) in [6.45, 7) is 2.02. The summed E-state index contributed by atoms with van der Waals surface area (Å²) < 4.78 is 18.1. The molecule has 0 fully saturated rings. The molecule has 1 N–H and O–H groups in total. The molecule has 122 valence electrons. The van der Waals surface area contributed by atoms with Crippen LogP contribution in [-0.2, 0) is 16.0 Å². The zero-order chi connectivity index (χ0) is 17.5. The maximum absolute atomic E-state index is 13.3. The highest BCUT2D eigenvalue weighted by atomic mass is 19.1. The molecule has 0 bridgehead atoms. The van der Waals surface area contributed by atoms with Gasteiger partial charge in [0.25, 0.3) is 5.91 Å². The Morgan fingerprint density at radius 3 is 2.75 bits per heavy atom. The fraction of sp³-hybridized carbons (Fsp3) is 0.176. The SMILES string of the molecule is CCOC(=O)Cc1ccc(NC(=O)c2ccc(F)c(C#N)c2)cn1. The van der Waals surface area contributed by atoms with Gasteiger partial charge in [-0.05, 0) is 37.3 Å². The lowest BCUT2D eigenvalue weighted by Gasteiger charge is -2.07. The van der Waals surface area contributed by atoms with Crippen LogP contribution >= 0.6 is 0 Å². The van der Waals surface area contributed by atoms with Gasteiger partial charge < -0.3 is 10.1 Å². The second-order valence-electron chi connectivity index (χ2n) is 4.78. The molecule has 7 heteroatoms. The van der Waals surface area contributed by atoms with Gasteiger partial charge in [-0.15, -0.1) is 0 Å². The Morgan fingerprint density at radius 2 is 2.12 bits per heavy atom. The molecule has 0 atom stereocenters. The van der Waals surface area contributed by atoms with Crippen LogP contribution in [0.25, 0.3) is 0 Å². The van der Waals surface area contributed by atoms with Crippen molar-refractivity contribution in [3.05, 3.63) is 59.2 Å². The van der Waals surface area contributed by atoms with Crippen molar-refractivity contribution in [1.29, 1.82) is 5.26 Å². The number of carbonyl (C=O) groups excluding carboxylic acids is 2. The minimum Gasteiger partial charge on any atom is -0.466 e. The molecular formula is C17H14FN3O3. The van der Waals surface area contributed by atoms with Crippen molar-refractivity contribution in [3.8, 4) is 6.07 Å². The lowest BCUT2D eigenvalue weighted by Crippen LogP contribution is -2.13. The molecule has 0 spiro atoms. The van der Waals surface area contributed by atoms with Gasteiger partial charge in [0, 0.05) is 5.56 Å². The maximum atomic E-state index is 13.3. The monoisotopic (exact) mass is 327 g/mol. The third kappa shape index (κ3) is 4.36. The van der Waals surface area contributed by atoms with Crippen LogP contribution in [0.3, 0.4) is 0 Å². The number of esters is 1. The smallest absolute Gasteiger partial charge is 0.311 e. The van der Waals surface area contributed by atoms with Gasteiger partial charge in [0.05, 0.1) is 36.2 Å². The number of nitriles is 1. The lowest BCUT2D eigenvalue weighted by atomic mass is 10.1. The Labute approximate surface area is 137 Å². The molecule has 1 amide bonds. The summed E-state index contributed by atoms with van der Waals surface area (Å²) in [5, 5.41) is 11.4. The van der Waals surface area contributed by atoms with Crippen molar-refractivity contribution < 1.29 is 18.7 Å². The molecule has 0 aliphatic heterocycles. The average molecular weight is 327 g/mol. The van der Waals surface area contributed by atoms with Crippen molar-refractivity contribution in [2.24, 2.45) is 0 Å². The number of halogens is 1. The van der Waals surface area contributed by atoms with Crippen molar-refractivity contribution >= 4 is 17.6 Å². The van der Waals surface area contributed by atoms with Gasteiger partial charge in [-0.3, -0.25) is 14.6 Å². The van der Waals surface area contributed by atoms with Crippen LogP contribution < -0.4 is 5.32 Å². The lowest BCUT2D eigenvalue weighted by molar-refractivity contribution is -0.142. The van der Waals surface area contributed by atoms with E-state index < -0.39 is 11.7 Å². The molecule has 6 nitrogen and oxygen atoms in total. The molecule has 2 rings (SSSR count). The summed E-state index contributed by atoms with van der Waals surface area (Å²) in [7, 11) is 0. The molecule has 1 heterocycles. The van der Waals surface area contributed by atoms with Crippen LogP contribution in [0.5, 0.6) is 0 Å². The third-order valence-corrected chi connectivity index (χ3v) is 3.06. The number of benzene rings is 1. The number of ether oxygens (including phenoxy) is 1. The molecular weight excluding hydrogens is 313 g/mol. The number of nitrogens with zero attached hydrogens (tertiary/aromatic N) is 2. The van der Waals surface area contributed by atoms with Crippen molar-refractivity contribution in [2.45, 2.75) is 13.3 Å². The zero-order valence-corrected chi connectivity index (χ0v) is 12.9. The number of pyridine rings is 1. The van der Waals surface area contributed by atoms with E-state index in [1.54, 1.807) is 25.1 Å². The number of carbonyl (C=O) groups is 2. The van der Waals surface area contributed by atoms with Crippen molar-refractivity contribution in [2.75, 3.05) is 11.9 Å². The van der Waals surface area contributed by atoms with Crippen LogP contribution in [-0.4, -0.2) is 23.5 Å². The van der Waals surface area contributed by atoms with Gasteiger partial charge in [-0.1, -0.05) is 0 Å². The average Bonchev–Trinajstić information content (AvgIpc) is 2.57. The Kier molecular flexibility index (Phi) is 5.58. The first-order valence-electron chi connectivity index (χ1n) is 7.15.